The Morgan fingerprint density at radius 2 is 1.29 bits per heavy atom. The van der Waals surface area contributed by atoms with Crippen molar-refractivity contribution < 1.29 is 9.59 Å². The third-order valence-electron chi connectivity index (χ3n) is 5.72. The lowest BCUT2D eigenvalue weighted by Crippen LogP contribution is -2.51. The van der Waals surface area contributed by atoms with Crippen LogP contribution in [0.2, 0.25) is 0 Å². The van der Waals surface area contributed by atoms with Gasteiger partial charge >= 0.3 is 0 Å². The van der Waals surface area contributed by atoms with Gasteiger partial charge in [-0.3, -0.25) is 14.5 Å². The largest absolute Gasteiger partial charge is 0.342 e. The number of hydrogen-bond donors (Lipinski definition) is 0. The summed E-state index contributed by atoms with van der Waals surface area (Å²) in [5, 5.41) is 0. The number of amides is 2. The predicted molar refractivity (Wildman–Crippen MR) is 110 cm³/mol. The average Bonchev–Trinajstić information content (AvgIpc) is 3.30. The Morgan fingerprint density at radius 1 is 0.679 bits per heavy atom. The van der Waals surface area contributed by atoms with Crippen LogP contribution in [0.25, 0.3) is 11.1 Å². The molecule has 2 amide bonds. The molecule has 2 heterocycles. The molecule has 0 atom stereocenters. The number of carbonyl (C=O) groups excluding carboxylic acids is 2. The molecule has 146 valence electrons. The van der Waals surface area contributed by atoms with Crippen molar-refractivity contribution in [3.8, 4) is 11.1 Å². The van der Waals surface area contributed by atoms with Crippen molar-refractivity contribution in [1.82, 2.24) is 14.7 Å². The van der Waals surface area contributed by atoms with Crippen LogP contribution in [0.3, 0.4) is 0 Å². The molecule has 0 N–H and O–H groups in total. The van der Waals surface area contributed by atoms with E-state index in [1.54, 1.807) is 0 Å². The number of rotatable bonds is 4. The quantitative estimate of drug-likeness (QED) is 0.823. The van der Waals surface area contributed by atoms with Crippen molar-refractivity contribution in [3.63, 3.8) is 0 Å². The van der Waals surface area contributed by atoms with Gasteiger partial charge in [0, 0.05) is 44.8 Å². The van der Waals surface area contributed by atoms with Crippen LogP contribution in [0.15, 0.2) is 54.6 Å². The lowest BCUT2D eigenvalue weighted by molar-refractivity contribution is -0.131. The van der Waals surface area contributed by atoms with Crippen LogP contribution in [-0.4, -0.2) is 72.3 Å². The lowest BCUT2D eigenvalue weighted by atomic mass is 10.0. The molecule has 0 radical (unpaired) electrons. The molecule has 2 aromatic carbocycles. The Morgan fingerprint density at radius 3 is 1.93 bits per heavy atom. The minimum atomic E-state index is 0.0742. The smallest absolute Gasteiger partial charge is 0.253 e. The summed E-state index contributed by atoms with van der Waals surface area (Å²) in [6.07, 6.45) is 2.24. The van der Waals surface area contributed by atoms with Gasteiger partial charge in [-0.2, -0.15) is 0 Å². The molecule has 4 rings (SSSR count). The monoisotopic (exact) mass is 377 g/mol. The van der Waals surface area contributed by atoms with Gasteiger partial charge in [0.25, 0.3) is 5.91 Å². The van der Waals surface area contributed by atoms with E-state index in [4.69, 9.17) is 0 Å². The molecule has 28 heavy (non-hydrogen) atoms. The van der Waals surface area contributed by atoms with E-state index in [9.17, 15) is 9.59 Å². The van der Waals surface area contributed by atoms with Crippen LogP contribution in [-0.2, 0) is 4.79 Å². The van der Waals surface area contributed by atoms with Gasteiger partial charge in [-0.15, -0.1) is 0 Å². The van der Waals surface area contributed by atoms with Gasteiger partial charge in [-0.25, -0.2) is 0 Å². The Balaban J connectivity index is 1.30. The summed E-state index contributed by atoms with van der Waals surface area (Å²) in [7, 11) is 0. The molecule has 0 aliphatic carbocycles. The van der Waals surface area contributed by atoms with Gasteiger partial charge in [0.05, 0.1) is 6.54 Å². The first-order valence-electron chi connectivity index (χ1n) is 10.2. The summed E-state index contributed by atoms with van der Waals surface area (Å²) >= 11 is 0. The molecule has 2 fully saturated rings. The van der Waals surface area contributed by atoms with Crippen molar-refractivity contribution in [3.05, 3.63) is 60.2 Å². The Labute approximate surface area is 166 Å². The standard InChI is InChI=1S/C23H27N3O2/c27-22(25-12-4-5-13-25)18-24-14-16-26(17-15-24)23(28)21-10-8-20(9-11-21)19-6-2-1-3-7-19/h1-3,6-11H,4-5,12-18H2. The number of benzene rings is 2. The molecule has 0 saturated carbocycles. The van der Waals surface area contributed by atoms with Gasteiger partial charge in [0.2, 0.25) is 5.91 Å². The highest BCUT2D eigenvalue weighted by atomic mass is 16.2. The van der Waals surface area contributed by atoms with Crippen molar-refractivity contribution in [2.75, 3.05) is 45.8 Å². The van der Waals surface area contributed by atoms with E-state index in [0.29, 0.717) is 19.6 Å². The van der Waals surface area contributed by atoms with Crippen LogP contribution in [0.4, 0.5) is 0 Å². The lowest BCUT2D eigenvalue weighted by Gasteiger charge is -2.35. The topological polar surface area (TPSA) is 43.9 Å². The summed E-state index contributed by atoms with van der Waals surface area (Å²) in [5.41, 5.74) is 2.99. The number of likely N-dealkylation sites (tertiary alicyclic amines) is 1. The Kier molecular flexibility index (Phi) is 5.72. The number of piperazine rings is 1. The van der Waals surface area contributed by atoms with Crippen molar-refractivity contribution in [2.24, 2.45) is 0 Å². The van der Waals surface area contributed by atoms with Crippen LogP contribution in [0, 0.1) is 0 Å². The van der Waals surface area contributed by atoms with E-state index in [2.05, 4.69) is 17.0 Å². The van der Waals surface area contributed by atoms with E-state index in [1.165, 1.54) is 0 Å². The second kappa shape index (κ2) is 8.57. The van der Waals surface area contributed by atoms with Crippen molar-refractivity contribution >= 4 is 11.8 Å². The van der Waals surface area contributed by atoms with Gasteiger partial charge < -0.3 is 9.80 Å². The molecule has 0 spiro atoms. The third kappa shape index (κ3) is 4.25. The van der Waals surface area contributed by atoms with Gasteiger partial charge in [0.15, 0.2) is 0 Å². The summed E-state index contributed by atoms with van der Waals surface area (Å²) in [6, 6.07) is 18.0. The molecule has 2 aliphatic rings. The maximum absolute atomic E-state index is 12.8. The SMILES string of the molecule is O=C(CN1CCN(C(=O)c2ccc(-c3ccccc3)cc2)CC1)N1CCCC1. The summed E-state index contributed by atoms with van der Waals surface area (Å²) in [5.74, 6) is 0.305. The fraction of sp³-hybridized carbons (Fsp3) is 0.391. The summed E-state index contributed by atoms with van der Waals surface area (Å²) in [4.78, 5) is 31.2. The summed E-state index contributed by atoms with van der Waals surface area (Å²) in [6.45, 7) is 5.14. The minimum Gasteiger partial charge on any atom is -0.342 e. The number of hydrogen-bond acceptors (Lipinski definition) is 3. The van der Waals surface area contributed by atoms with Gasteiger partial charge in [-0.1, -0.05) is 42.5 Å². The van der Waals surface area contributed by atoms with Crippen molar-refractivity contribution in [1.29, 1.82) is 0 Å². The molecule has 0 aromatic heterocycles. The highest BCUT2D eigenvalue weighted by Crippen LogP contribution is 2.20. The van der Waals surface area contributed by atoms with Crippen LogP contribution in [0.5, 0.6) is 0 Å². The highest BCUT2D eigenvalue weighted by Gasteiger charge is 2.25. The molecule has 0 bridgehead atoms. The predicted octanol–water partition coefficient (Wildman–Crippen LogP) is 2.73. The Bertz CT molecular complexity index is 806. The number of nitrogens with zero attached hydrogens (tertiary/aromatic N) is 3. The second-order valence-corrected chi connectivity index (χ2v) is 7.60. The first-order valence-corrected chi connectivity index (χ1v) is 10.2. The third-order valence-corrected chi connectivity index (χ3v) is 5.72. The normalized spacial score (nSPS) is 17.7. The summed E-state index contributed by atoms with van der Waals surface area (Å²) < 4.78 is 0. The molecule has 0 unspecified atom stereocenters. The van der Waals surface area contributed by atoms with E-state index in [0.717, 1.165) is 55.7 Å². The van der Waals surface area contributed by atoms with E-state index in [-0.39, 0.29) is 11.8 Å². The van der Waals surface area contributed by atoms with E-state index in [1.807, 2.05) is 52.3 Å². The second-order valence-electron chi connectivity index (χ2n) is 7.60. The zero-order chi connectivity index (χ0) is 19.3. The maximum atomic E-state index is 12.8. The first-order chi connectivity index (χ1) is 13.7. The highest BCUT2D eigenvalue weighted by molar-refractivity contribution is 5.94. The molecular weight excluding hydrogens is 350 g/mol. The van der Waals surface area contributed by atoms with Crippen molar-refractivity contribution in [2.45, 2.75) is 12.8 Å². The van der Waals surface area contributed by atoms with Crippen LogP contribution < -0.4 is 0 Å². The molecule has 2 aliphatic heterocycles. The minimum absolute atomic E-state index is 0.0742. The first kappa shape index (κ1) is 18.7. The Hall–Kier alpha value is -2.66. The van der Waals surface area contributed by atoms with Crippen LogP contribution >= 0.6 is 0 Å². The fourth-order valence-electron chi connectivity index (χ4n) is 3.99. The van der Waals surface area contributed by atoms with Gasteiger partial charge in [0.1, 0.15) is 0 Å². The fourth-order valence-corrected chi connectivity index (χ4v) is 3.99. The van der Waals surface area contributed by atoms with E-state index >= 15 is 0 Å². The molecule has 2 aromatic rings. The molecular formula is C23H27N3O2. The average molecular weight is 377 g/mol. The maximum Gasteiger partial charge on any atom is 0.253 e. The molecule has 5 nitrogen and oxygen atoms in total. The number of carbonyl (C=O) groups is 2. The molecule has 2 saturated heterocycles. The van der Waals surface area contributed by atoms with Crippen LogP contribution in [0.1, 0.15) is 23.2 Å². The molecule has 5 heteroatoms. The zero-order valence-corrected chi connectivity index (χ0v) is 16.2. The zero-order valence-electron chi connectivity index (χ0n) is 16.2. The van der Waals surface area contributed by atoms with E-state index < -0.39 is 0 Å². The van der Waals surface area contributed by atoms with Gasteiger partial charge in [-0.05, 0) is 36.1 Å².